The molecule has 0 saturated heterocycles. The summed E-state index contributed by atoms with van der Waals surface area (Å²) in [5.74, 6) is 0.717. The summed E-state index contributed by atoms with van der Waals surface area (Å²) in [5.41, 5.74) is 1.50. The highest BCUT2D eigenvalue weighted by atomic mass is 35.5. The van der Waals surface area contributed by atoms with E-state index in [0.29, 0.717) is 17.1 Å². The molecule has 18 heavy (non-hydrogen) atoms. The van der Waals surface area contributed by atoms with E-state index in [9.17, 15) is 5.11 Å². The highest BCUT2D eigenvalue weighted by Gasteiger charge is 2.14. The molecule has 2 aromatic rings. The van der Waals surface area contributed by atoms with Crippen LogP contribution >= 0.6 is 11.6 Å². The van der Waals surface area contributed by atoms with Gasteiger partial charge in [0, 0.05) is 24.7 Å². The van der Waals surface area contributed by atoms with Gasteiger partial charge in [-0.25, -0.2) is 4.98 Å². The first kappa shape index (κ1) is 12.9. The van der Waals surface area contributed by atoms with Crippen molar-refractivity contribution in [2.24, 2.45) is 7.05 Å². The number of hydrogen-bond acceptors (Lipinski definition) is 3. The van der Waals surface area contributed by atoms with E-state index in [1.54, 1.807) is 42.4 Å². The average Bonchev–Trinajstić information content (AvgIpc) is 2.76. The molecule has 0 bridgehead atoms. The van der Waals surface area contributed by atoms with Crippen molar-refractivity contribution < 1.29 is 9.84 Å². The van der Waals surface area contributed by atoms with Crippen molar-refractivity contribution in [2.45, 2.75) is 12.5 Å². The van der Waals surface area contributed by atoms with Crippen molar-refractivity contribution in [1.82, 2.24) is 9.55 Å². The number of benzene rings is 1. The van der Waals surface area contributed by atoms with Crippen molar-refractivity contribution in [3.05, 3.63) is 47.0 Å². The number of hydrogen-bond donors (Lipinski definition) is 1. The molecule has 0 amide bonds. The molecule has 2 rings (SSSR count). The van der Waals surface area contributed by atoms with Gasteiger partial charge in [0.1, 0.15) is 11.9 Å². The number of aryl methyl sites for hydroxylation is 1. The third-order valence-electron chi connectivity index (χ3n) is 2.72. The first-order valence-electron chi connectivity index (χ1n) is 5.58. The molecule has 4 nitrogen and oxygen atoms in total. The van der Waals surface area contributed by atoms with Crippen molar-refractivity contribution in [1.29, 1.82) is 0 Å². The number of halogens is 1. The maximum Gasteiger partial charge on any atom is 0.122 e. The van der Waals surface area contributed by atoms with E-state index in [1.165, 1.54) is 0 Å². The first-order valence-corrected chi connectivity index (χ1v) is 5.96. The Labute approximate surface area is 111 Å². The van der Waals surface area contributed by atoms with Crippen LogP contribution < -0.4 is 4.74 Å². The molecular formula is C13H15ClN2O2. The molecule has 96 valence electrons. The van der Waals surface area contributed by atoms with Crippen LogP contribution in [0.15, 0.2) is 30.7 Å². The lowest BCUT2D eigenvalue weighted by atomic mass is 10.1. The van der Waals surface area contributed by atoms with Crippen LogP contribution in [0.25, 0.3) is 0 Å². The Kier molecular flexibility index (Phi) is 3.89. The van der Waals surface area contributed by atoms with Crippen molar-refractivity contribution in [3.63, 3.8) is 0 Å². The van der Waals surface area contributed by atoms with E-state index < -0.39 is 6.10 Å². The van der Waals surface area contributed by atoms with Gasteiger partial charge in [-0.2, -0.15) is 0 Å². The monoisotopic (exact) mass is 266 g/mol. The molecule has 1 N–H and O–H groups in total. The summed E-state index contributed by atoms with van der Waals surface area (Å²) in [7, 11) is 3.46. The number of aliphatic hydroxyl groups is 1. The molecule has 0 aliphatic heterocycles. The van der Waals surface area contributed by atoms with Crippen LogP contribution in [-0.2, 0) is 13.5 Å². The van der Waals surface area contributed by atoms with Crippen LogP contribution in [0, 0.1) is 0 Å². The summed E-state index contributed by atoms with van der Waals surface area (Å²) < 4.78 is 7.05. The Balaban J connectivity index is 2.20. The third-order valence-corrected chi connectivity index (χ3v) is 2.96. The van der Waals surface area contributed by atoms with Crippen LogP contribution in [0.1, 0.15) is 17.4 Å². The summed E-state index contributed by atoms with van der Waals surface area (Å²) in [6.45, 7) is 0. The van der Waals surface area contributed by atoms with E-state index in [0.717, 1.165) is 11.3 Å². The Morgan fingerprint density at radius 3 is 2.89 bits per heavy atom. The maximum absolute atomic E-state index is 10.1. The minimum Gasteiger partial charge on any atom is -0.496 e. The SMILES string of the molecule is COc1ccc(Cl)cc1CC(O)c1cn(C)cn1. The topological polar surface area (TPSA) is 47.3 Å². The van der Waals surface area contributed by atoms with E-state index in [-0.39, 0.29) is 0 Å². The second kappa shape index (κ2) is 5.42. The number of aromatic nitrogens is 2. The van der Waals surface area contributed by atoms with Gasteiger partial charge in [-0.15, -0.1) is 0 Å². The second-order valence-electron chi connectivity index (χ2n) is 4.14. The quantitative estimate of drug-likeness (QED) is 0.924. The predicted molar refractivity (Wildman–Crippen MR) is 69.9 cm³/mol. The Bertz CT molecular complexity index is 540. The standard InChI is InChI=1S/C13H15ClN2O2/c1-16-7-11(15-8-16)12(17)6-9-5-10(14)3-4-13(9)18-2/h3-5,7-8,12,17H,6H2,1-2H3. The van der Waals surface area contributed by atoms with Gasteiger partial charge in [0.15, 0.2) is 0 Å². The molecule has 1 aromatic carbocycles. The van der Waals surface area contributed by atoms with Crippen molar-refractivity contribution >= 4 is 11.6 Å². The van der Waals surface area contributed by atoms with E-state index in [4.69, 9.17) is 16.3 Å². The highest BCUT2D eigenvalue weighted by Crippen LogP contribution is 2.27. The van der Waals surface area contributed by atoms with Crippen LogP contribution in [0.2, 0.25) is 5.02 Å². The zero-order valence-electron chi connectivity index (χ0n) is 10.3. The summed E-state index contributed by atoms with van der Waals surface area (Å²) in [6.07, 6.45) is 3.20. The summed E-state index contributed by atoms with van der Waals surface area (Å²) in [5, 5.41) is 10.7. The molecule has 1 unspecified atom stereocenters. The lowest BCUT2D eigenvalue weighted by Gasteiger charge is -2.12. The highest BCUT2D eigenvalue weighted by molar-refractivity contribution is 6.30. The number of methoxy groups -OCH3 is 1. The number of nitrogens with zero attached hydrogens (tertiary/aromatic N) is 2. The van der Waals surface area contributed by atoms with E-state index >= 15 is 0 Å². The van der Waals surface area contributed by atoms with Gasteiger partial charge in [0.25, 0.3) is 0 Å². The molecule has 1 aromatic heterocycles. The fraction of sp³-hybridized carbons (Fsp3) is 0.308. The minimum atomic E-state index is -0.668. The average molecular weight is 267 g/mol. The number of ether oxygens (including phenoxy) is 1. The lowest BCUT2D eigenvalue weighted by molar-refractivity contribution is 0.173. The fourth-order valence-electron chi connectivity index (χ4n) is 1.82. The van der Waals surface area contributed by atoms with Gasteiger partial charge in [-0.3, -0.25) is 0 Å². The maximum atomic E-state index is 10.1. The van der Waals surface area contributed by atoms with Crippen LogP contribution in [0.4, 0.5) is 0 Å². The van der Waals surface area contributed by atoms with Crippen molar-refractivity contribution in [3.8, 4) is 5.75 Å². The summed E-state index contributed by atoms with van der Waals surface area (Å²) in [4.78, 5) is 4.13. The molecule has 1 heterocycles. The molecule has 0 aliphatic carbocycles. The minimum absolute atomic E-state index is 0.417. The molecule has 0 saturated carbocycles. The molecule has 5 heteroatoms. The van der Waals surface area contributed by atoms with Gasteiger partial charge in [0.2, 0.25) is 0 Å². The lowest BCUT2D eigenvalue weighted by Crippen LogP contribution is -2.04. The zero-order chi connectivity index (χ0) is 13.1. The van der Waals surface area contributed by atoms with E-state index in [1.807, 2.05) is 7.05 Å². The smallest absolute Gasteiger partial charge is 0.122 e. The normalized spacial score (nSPS) is 12.4. The predicted octanol–water partition coefficient (Wildman–Crippen LogP) is 2.36. The summed E-state index contributed by atoms with van der Waals surface area (Å²) in [6, 6.07) is 5.35. The number of imidazole rings is 1. The van der Waals surface area contributed by atoms with Gasteiger partial charge in [0.05, 0.1) is 19.1 Å². The number of aliphatic hydroxyl groups excluding tert-OH is 1. The molecule has 0 spiro atoms. The van der Waals surface area contributed by atoms with Crippen LogP contribution in [0.3, 0.4) is 0 Å². The van der Waals surface area contributed by atoms with Crippen LogP contribution in [0.5, 0.6) is 5.75 Å². The van der Waals surface area contributed by atoms with Gasteiger partial charge in [-0.05, 0) is 23.8 Å². The Morgan fingerprint density at radius 1 is 1.50 bits per heavy atom. The van der Waals surface area contributed by atoms with Crippen molar-refractivity contribution in [2.75, 3.05) is 7.11 Å². The second-order valence-corrected chi connectivity index (χ2v) is 4.58. The largest absolute Gasteiger partial charge is 0.496 e. The zero-order valence-corrected chi connectivity index (χ0v) is 11.1. The van der Waals surface area contributed by atoms with E-state index in [2.05, 4.69) is 4.98 Å². The molecule has 1 atom stereocenters. The molecule has 0 fully saturated rings. The third kappa shape index (κ3) is 2.83. The fourth-order valence-corrected chi connectivity index (χ4v) is 2.02. The Hall–Kier alpha value is -1.52. The Morgan fingerprint density at radius 2 is 2.28 bits per heavy atom. The molecular weight excluding hydrogens is 252 g/mol. The van der Waals surface area contributed by atoms with Gasteiger partial charge in [-0.1, -0.05) is 11.6 Å². The molecule has 0 radical (unpaired) electrons. The molecule has 0 aliphatic rings. The van der Waals surface area contributed by atoms with Gasteiger partial charge >= 0.3 is 0 Å². The van der Waals surface area contributed by atoms with Crippen LogP contribution in [-0.4, -0.2) is 21.8 Å². The summed E-state index contributed by atoms with van der Waals surface area (Å²) >= 11 is 5.95. The number of rotatable bonds is 4. The van der Waals surface area contributed by atoms with Gasteiger partial charge < -0.3 is 14.4 Å². The first-order chi connectivity index (χ1) is 8.60.